The van der Waals surface area contributed by atoms with E-state index in [1.165, 1.54) is 33.4 Å². The van der Waals surface area contributed by atoms with Crippen LogP contribution in [0.5, 0.6) is 5.75 Å². The Hall–Kier alpha value is -1.37. The largest absolute Gasteiger partial charge is 0.508 e. The second-order valence-electron chi connectivity index (χ2n) is 4.45. The van der Waals surface area contributed by atoms with Gasteiger partial charge in [0.2, 0.25) is 10.0 Å². The lowest BCUT2D eigenvalue weighted by Crippen LogP contribution is -2.35. The predicted octanol–water partition coefficient (Wildman–Crippen LogP) is 2.20. The molecule has 19 heavy (non-hydrogen) atoms. The Labute approximate surface area is 116 Å². The molecule has 0 aliphatic carbocycles. The summed E-state index contributed by atoms with van der Waals surface area (Å²) in [7, 11) is -3.47. The molecule has 4 nitrogen and oxygen atoms in total. The summed E-state index contributed by atoms with van der Waals surface area (Å²) in [4.78, 5) is 1.50. The summed E-state index contributed by atoms with van der Waals surface area (Å²) < 4.78 is 26.5. The molecule has 0 bridgehead atoms. The van der Waals surface area contributed by atoms with Gasteiger partial charge in [0.05, 0.1) is 4.90 Å². The second kappa shape index (κ2) is 4.63. The Morgan fingerprint density at radius 1 is 1.16 bits per heavy atom. The monoisotopic (exact) mass is 295 g/mol. The summed E-state index contributed by atoms with van der Waals surface area (Å²) in [6, 6.07) is 7.65. The SMILES string of the molecule is O=S(=O)(c1ccc(O)cc1)N1CCc2sccc2C1. The maximum atomic E-state index is 12.5. The fourth-order valence-corrected chi connectivity index (χ4v) is 4.50. The molecule has 1 aliphatic heterocycles. The number of rotatable bonds is 2. The van der Waals surface area contributed by atoms with Crippen molar-refractivity contribution in [3.05, 3.63) is 46.2 Å². The van der Waals surface area contributed by atoms with Crippen LogP contribution in [0.15, 0.2) is 40.6 Å². The topological polar surface area (TPSA) is 57.6 Å². The van der Waals surface area contributed by atoms with Gasteiger partial charge in [0.25, 0.3) is 0 Å². The van der Waals surface area contributed by atoms with Crippen LogP contribution in [0.4, 0.5) is 0 Å². The van der Waals surface area contributed by atoms with Gasteiger partial charge in [-0.1, -0.05) is 0 Å². The number of fused-ring (bicyclic) bond motifs is 1. The molecule has 6 heteroatoms. The van der Waals surface area contributed by atoms with E-state index in [0.29, 0.717) is 13.1 Å². The summed E-state index contributed by atoms with van der Waals surface area (Å²) >= 11 is 1.68. The lowest BCUT2D eigenvalue weighted by Gasteiger charge is -2.26. The number of sulfonamides is 1. The fraction of sp³-hybridized carbons (Fsp3) is 0.231. The fourth-order valence-electron chi connectivity index (χ4n) is 2.19. The number of thiophene rings is 1. The zero-order valence-corrected chi connectivity index (χ0v) is 11.7. The quantitative estimate of drug-likeness (QED) is 0.924. The zero-order valence-electron chi connectivity index (χ0n) is 10.1. The van der Waals surface area contributed by atoms with Gasteiger partial charge in [0, 0.05) is 18.0 Å². The van der Waals surface area contributed by atoms with Crippen molar-refractivity contribution in [1.29, 1.82) is 0 Å². The highest BCUT2D eigenvalue weighted by molar-refractivity contribution is 7.89. The smallest absolute Gasteiger partial charge is 0.243 e. The first kappa shape index (κ1) is 12.7. The molecule has 3 rings (SSSR count). The van der Waals surface area contributed by atoms with Gasteiger partial charge >= 0.3 is 0 Å². The van der Waals surface area contributed by atoms with Crippen molar-refractivity contribution >= 4 is 21.4 Å². The van der Waals surface area contributed by atoms with Crippen molar-refractivity contribution in [2.24, 2.45) is 0 Å². The van der Waals surface area contributed by atoms with Crippen molar-refractivity contribution < 1.29 is 13.5 Å². The molecule has 0 atom stereocenters. The van der Waals surface area contributed by atoms with E-state index in [4.69, 9.17) is 0 Å². The summed E-state index contributed by atoms with van der Waals surface area (Å²) in [6.07, 6.45) is 0.768. The highest BCUT2D eigenvalue weighted by Crippen LogP contribution is 2.28. The van der Waals surface area contributed by atoms with Crippen molar-refractivity contribution in [2.45, 2.75) is 17.9 Å². The molecule has 0 radical (unpaired) electrons. The Balaban J connectivity index is 1.92. The molecule has 0 saturated carbocycles. The van der Waals surface area contributed by atoms with E-state index in [0.717, 1.165) is 12.0 Å². The number of hydrogen-bond donors (Lipinski definition) is 1. The number of hydrogen-bond acceptors (Lipinski definition) is 4. The van der Waals surface area contributed by atoms with E-state index in [2.05, 4.69) is 0 Å². The van der Waals surface area contributed by atoms with Crippen LogP contribution in [0.3, 0.4) is 0 Å². The maximum Gasteiger partial charge on any atom is 0.243 e. The Morgan fingerprint density at radius 3 is 2.63 bits per heavy atom. The van der Waals surface area contributed by atoms with E-state index in [1.807, 2.05) is 11.4 Å². The lowest BCUT2D eigenvalue weighted by molar-refractivity contribution is 0.394. The average Bonchev–Trinajstić information content (AvgIpc) is 2.86. The van der Waals surface area contributed by atoms with Gasteiger partial charge in [-0.3, -0.25) is 0 Å². The zero-order chi connectivity index (χ0) is 13.5. The van der Waals surface area contributed by atoms with Gasteiger partial charge < -0.3 is 5.11 Å². The number of nitrogens with zero attached hydrogens (tertiary/aromatic N) is 1. The minimum Gasteiger partial charge on any atom is -0.508 e. The third-order valence-electron chi connectivity index (χ3n) is 3.25. The van der Waals surface area contributed by atoms with Gasteiger partial charge in [-0.2, -0.15) is 4.31 Å². The number of benzene rings is 1. The van der Waals surface area contributed by atoms with Crippen LogP contribution in [0, 0.1) is 0 Å². The predicted molar refractivity (Wildman–Crippen MR) is 73.7 cm³/mol. The first-order chi connectivity index (χ1) is 9.07. The van der Waals surface area contributed by atoms with Crippen LogP contribution in [-0.4, -0.2) is 24.4 Å². The summed E-state index contributed by atoms with van der Waals surface area (Å²) in [5, 5.41) is 11.2. The molecule has 0 unspecified atom stereocenters. The van der Waals surface area contributed by atoms with Crippen LogP contribution in [0.25, 0.3) is 0 Å². The Kier molecular flexibility index (Phi) is 3.08. The van der Waals surface area contributed by atoms with E-state index < -0.39 is 10.0 Å². The van der Waals surface area contributed by atoms with Crippen LogP contribution in [-0.2, 0) is 23.0 Å². The Bertz CT molecular complexity index is 689. The summed E-state index contributed by atoms with van der Waals surface area (Å²) in [5.74, 6) is 0.0673. The van der Waals surface area contributed by atoms with Gasteiger partial charge in [0.1, 0.15) is 5.75 Å². The normalized spacial score (nSPS) is 16.2. The van der Waals surface area contributed by atoms with Crippen molar-refractivity contribution in [3.8, 4) is 5.75 Å². The van der Waals surface area contributed by atoms with E-state index in [9.17, 15) is 13.5 Å². The first-order valence-electron chi connectivity index (χ1n) is 5.92. The number of aromatic hydroxyl groups is 1. The van der Waals surface area contributed by atoms with Gasteiger partial charge in [-0.15, -0.1) is 11.3 Å². The molecule has 0 amide bonds. The average molecular weight is 295 g/mol. The third-order valence-corrected chi connectivity index (χ3v) is 6.13. The third kappa shape index (κ3) is 2.27. The number of phenolic OH excluding ortho intramolecular Hbond substituents is 1. The van der Waals surface area contributed by atoms with E-state index in [-0.39, 0.29) is 10.6 Å². The van der Waals surface area contributed by atoms with Crippen LogP contribution < -0.4 is 0 Å². The molecule has 2 aromatic rings. The van der Waals surface area contributed by atoms with Crippen molar-refractivity contribution in [3.63, 3.8) is 0 Å². The first-order valence-corrected chi connectivity index (χ1v) is 8.24. The molecule has 1 N–H and O–H groups in total. The minimum absolute atomic E-state index is 0.0673. The molecule has 0 spiro atoms. The van der Waals surface area contributed by atoms with E-state index >= 15 is 0 Å². The molecule has 0 saturated heterocycles. The van der Waals surface area contributed by atoms with Gasteiger partial charge in [-0.25, -0.2) is 8.42 Å². The molecule has 100 valence electrons. The molecule has 2 heterocycles. The lowest BCUT2D eigenvalue weighted by atomic mass is 10.1. The Morgan fingerprint density at radius 2 is 1.89 bits per heavy atom. The number of phenols is 1. The van der Waals surface area contributed by atoms with E-state index in [1.54, 1.807) is 11.3 Å². The molecule has 1 aromatic heterocycles. The molecular weight excluding hydrogens is 282 g/mol. The minimum atomic E-state index is -3.47. The summed E-state index contributed by atoms with van der Waals surface area (Å²) in [5.41, 5.74) is 1.10. The van der Waals surface area contributed by atoms with Crippen LogP contribution in [0.2, 0.25) is 0 Å². The molecule has 1 aliphatic rings. The maximum absolute atomic E-state index is 12.5. The van der Waals surface area contributed by atoms with Crippen molar-refractivity contribution in [1.82, 2.24) is 4.31 Å². The van der Waals surface area contributed by atoms with Gasteiger partial charge in [0.15, 0.2) is 0 Å². The summed E-state index contributed by atoms with van der Waals surface area (Å²) in [6.45, 7) is 0.943. The highest BCUT2D eigenvalue weighted by atomic mass is 32.2. The van der Waals surface area contributed by atoms with Gasteiger partial charge in [-0.05, 0) is 47.7 Å². The highest BCUT2D eigenvalue weighted by Gasteiger charge is 2.28. The standard InChI is InChI=1S/C13H13NO3S2/c15-11-1-3-12(4-2-11)19(16,17)14-7-5-13-10(9-14)6-8-18-13/h1-4,6,8,15H,5,7,9H2. The molecular formula is C13H13NO3S2. The molecule has 0 fully saturated rings. The van der Waals surface area contributed by atoms with Crippen molar-refractivity contribution in [2.75, 3.05) is 6.54 Å². The van der Waals surface area contributed by atoms with Crippen LogP contribution >= 0.6 is 11.3 Å². The molecule has 1 aromatic carbocycles. The van der Waals surface area contributed by atoms with Crippen LogP contribution in [0.1, 0.15) is 10.4 Å². The second-order valence-corrected chi connectivity index (χ2v) is 7.39.